The lowest BCUT2D eigenvalue weighted by molar-refractivity contribution is -0.121. The monoisotopic (exact) mass is 487 g/mol. The highest BCUT2D eigenvalue weighted by molar-refractivity contribution is 7.99. The molecule has 4 aromatic rings. The molecule has 1 unspecified atom stereocenters. The zero-order valence-electron chi connectivity index (χ0n) is 19.5. The van der Waals surface area contributed by atoms with Crippen molar-refractivity contribution in [2.45, 2.75) is 31.6 Å². The number of aromatic nitrogens is 3. The quantitative estimate of drug-likeness (QED) is 0.381. The van der Waals surface area contributed by atoms with E-state index in [2.05, 4.69) is 15.5 Å². The molecule has 35 heavy (non-hydrogen) atoms. The van der Waals surface area contributed by atoms with Gasteiger partial charge >= 0.3 is 0 Å². The molecule has 1 aliphatic heterocycles. The molecule has 8 nitrogen and oxygen atoms in total. The molecule has 1 atom stereocenters. The highest BCUT2D eigenvalue weighted by atomic mass is 32.2. The van der Waals surface area contributed by atoms with Crippen LogP contribution in [0.15, 0.2) is 71.9 Å². The molecule has 0 saturated heterocycles. The number of hydrogen-bond acceptors (Lipinski definition) is 6. The smallest absolute Gasteiger partial charge is 0.265 e. The molecule has 0 spiro atoms. The minimum atomic E-state index is -0.348. The van der Waals surface area contributed by atoms with E-state index in [-0.39, 0.29) is 30.2 Å². The minimum absolute atomic E-state index is 0.0163. The van der Waals surface area contributed by atoms with Gasteiger partial charge in [-0.15, -0.1) is 10.2 Å². The van der Waals surface area contributed by atoms with E-state index in [1.807, 2.05) is 85.1 Å². The van der Waals surface area contributed by atoms with Crippen LogP contribution in [0.5, 0.6) is 5.75 Å². The molecular formula is C26H25N5O3S. The number of carbonyl (C=O) groups excluding carboxylic acids is 2. The molecular weight excluding hydrogens is 462 g/mol. The standard InChI is InChI=1S/C26H25N5O3S/c1-3-30-25(17(2)31-21-13-6-7-14-22(21)34-15-24(31)33)28-29-26(30)35-16-23(32)27-20-12-8-10-18-9-4-5-11-19(18)20/h4-14,17H,3,15-16H2,1-2H3,(H,27,32). The van der Waals surface area contributed by atoms with Crippen molar-refractivity contribution in [2.24, 2.45) is 0 Å². The molecule has 2 heterocycles. The maximum atomic E-state index is 12.7. The van der Waals surface area contributed by atoms with Crippen LogP contribution in [0, 0.1) is 0 Å². The number of nitrogens with zero attached hydrogens (tertiary/aromatic N) is 4. The summed E-state index contributed by atoms with van der Waals surface area (Å²) in [4.78, 5) is 27.2. The first kappa shape index (κ1) is 22.9. The number of fused-ring (bicyclic) bond motifs is 2. The van der Waals surface area contributed by atoms with Crippen LogP contribution in [-0.4, -0.2) is 38.9 Å². The molecule has 178 valence electrons. The van der Waals surface area contributed by atoms with Gasteiger partial charge in [-0.05, 0) is 37.4 Å². The number of para-hydroxylation sites is 2. The Bertz CT molecular complexity index is 1400. The second-order valence-corrected chi connectivity index (χ2v) is 9.09. The van der Waals surface area contributed by atoms with Crippen molar-refractivity contribution in [3.05, 3.63) is 72.6 Å². The summed E-state index contributed by atoms with van der Waals surface area (Å²) in [6.45, 7) is 4.52. The Morgan fingerprint density at radius 2 is 1.86 bits per heavy atom. The highest BCUT2D eigenvalue weighted by Gasteiger charge is 2.33. The van der Waals surface area contributed by atoms with E-state index in [0.717, 1.165) is 16.5 Å². The van der Waals surface area contributed by atoms with Crippen molar-refractivity contribution in [2.75, 3.05) is 22.6 Å². The second-order valence-electron chi connectivity index (χ2n) is 8.14. The number of anilines is 2. The van der Waals surface area contributed by atoms with Gasteiger partial charge in [-0.25, -0.2) is 0 Å². The zero-order valence-corrected chi connectivity index (χ0v) is 20.3. The second kappa shape index (κ2) is 9.79. The first-order valence-electron chi connectivity index (χ1n) is 11.4. The van der Waals surface area contributed by atoms with Crippen LogP contribution in [0.3, 0.4) is 0 Å². The summed E-state index contributed by atoms with van der Waals surface area (Å²) >= 11 is 1.32. The molecule has 1 N–H and O–H groups in total. The van der Waals surface area contributed by atoms with Gasteiger partial charge in [0.15, 0.2) is 17.6 Å². The fourth-order valence-corrected chi connectivity index (χ4v) is 5.13. The number of benzene rings is 3. The Morgan fingerprint density at radius 3 is 2.71 bits per heavy atom. The van der Waals surface area contributed by atoms with E-state index in [4.69, 9.17) is 4.74 Å². The zero-order chi connectivity index (χ0) is 24.4. The van der Waals surface area contributed by atoms with Crippen molar-refractivity contribution in [3.63, 3.8) is 0 Å². The predicted molar refractivity (Wildman–Crippen MR) is 137 cm³/mol. The van der Waals surface area contributed by atoms with Gasteiger partial charge in [0.05, 0.1) is 17.5 Å². The Balaban J connectivity index is 1.32. The average Bonchev–Trinajstić information content (AvgIpc) is 3.30. The SMILES string of the molecule is CCn1c(SCC(=O)Nc2cccc3ccccc23)nnc1C(C)N1C(=O)COc2ccccc21. The fourth-order valence-electron chi connectivity index (χ4n) is 4.33. The van der Waals surface area contributed by atoms with Gasteiger partial charge in [-0.2, -0.15) is 0 Å². The van der Waals surface area contributed by atoms with E-state index < -0.39 is 0 Å². The third kappa shape index (κ3) is 4.46. The van der Waals surface area contributed by atoms with Crippen LogP contribution < -0.4 is 15.0 Å². The van der Waals surface area contributed by atoms with Crippen molar-refractivity contribution < 1.29 is 14.3 Å². The number of thioether (sulfide) groups is 1. The molecule has 5 rings (SSSR count). The van der Waals surface area contributed by atoms with Gasteiger partial charge < -0.3 is 14.6 Å². The highest BCUT2D eigenvalue weighted by Crippen LogP contribution is 2.37. The van der Waals surface area contributed by atoms with Gasteiger partial charge in [0, 0.05) is 17.6 Å². The molecule has 1 aromatic heterocycles. The summed E-state index contributed by atoms with van der Waals surface area (Å²) in [5.74, 6) is 1.26. The lowest BCUT2D eigenvalue weighted by atomic mass is 10.1. The van der Waals surface area contributed by atoms with Crippen molar-refractivity contribution >= 4 is 45.7 Å². The van der Waals surface area contributed by atoms with Crippen LogP contribution in [0.1, 0.15) is 25.7 Å². The lowest BCUT2D eigenvalue weighted by Crippen LogP contribution is -2.41. The number of rotatable bonds is 7. The maximum absolute atomic E-state index is 12.7. The van der Waals surface area contributed by atoms with Crippen LogP contribution in [-0.2, 0) is 16.1 Å². The molecule has 0 radical (unpaired) electrons. The number of nitrogens with one attached hydrogen (secondary N) is 1. The van der Waals surface area contributed by atoms with Crippen LogP contribution in [0.4, 0.5) is 11.4 Å². The van der Waals surface area contributed by atoms with Gasteiger partial charge in [-0.3, -0.25) is 14.5 Å². The van der Waals surface area contributed by atoms with Crippen LogP contribution >= 0.6 is 11.8 Å². The van der Waals surface area contributed by atoms with Crippen molar-refractivity contribution in [3.8, 4) is 5.75 Å². The molecule has 9 heteroatoms. The Hall–Kier alpha value is -3.85. The van der Waals surface area contributed by atoms with Gasteiger partial charge in [0.2, 0.25) is 5.91 Å². The molecule has 1 aliphatic rings. The Morgan fingerprint density at radius 1 is 1.09 bits per heavy atom. The van der Waals surface area contributed by atoms with E-state index in [9.17, 15) is 9.59 Å². The molecule has 3 aromatic carbocycles. The fraction of sp³-hybridized carbons (Fsp3) is 0.231. The molecule has 0 bridgehead atoms. The molecule has 0 aliphatic carbocycles. The predicted octanol–water partition coefficient (Wildman–Crippen LogP) is 4.67. The number of amides is 2. The summed E-state index contributed by atoms with van der Waals surface area (Å²) < 4.78 is 7.52. The molecule has 0 fully saturated rings. The lowest BCUT2D eigenvalue weighted by Gasteiger charge is -2.33. The molecule has 0 saturated carbocycles. The number of ether oxygens (including phenoxy) is 1. The summed E-state index contributed by atoms with van der Waals surface area (Å²) in [6, 6.07) is 20.9. The largest absolute Gasteiger partial charge is 0.482 e. The van der Waals surface area contributed by atoms with E-state index in [0.29, 0.717) is 29.0 Å². The summed E-state index contributed by atoms with van der Waals surface area (Å²) in [7, 11) is 0. The first-order chi connectivity index (χ1) is 17.1. The van der Waals surface area contributed by atoms with E-state index >= 15 is 0 Å². The summed E-state index contributed by atoms with van der Waals surface area (Å²) in [5.41, 5.74) is 1.50. The van der Waals surface area contributed by atoms with E-state index in [1.54, 1.807) is 4.90 Å². The van der Waals surface area contributed by atoms with Gasteiger partial charge in [-0.1, -0.05) is 60.3 Å². The third-order valence-corrected chi connectivity index (χ3v) is 6.93. The van der Waals surface area contributed by atoms with Crippen LogP contribution in [0.25, 0.3) is 10.8 Å². The maximum Gasteiger partial charge on any atom is 0.265 e. The topological polar surface area (TPSA) is 89.4 Å². The molecule has 2 amide bonds. The number of hydrogen-bond donors (Lipinski definition) is 1. The van der Waals surface area contributed by atoms with Gasteiger partial charge in [0.1, 0.15) is 5.75 Å². The van der Waals surface area contributed by atoms with Crippen molar-refractivity contribution in [1.82, 2.24) is 14.8 Å². The third-order valence-electron chi connectivity index (χ3n) is 5.96. The average molecular weight is 488 g/mol. The first-order valence-corrected chi connectivity index (χ1v) is 12.4. The Kier molecular flexibility index (Phi) is 6.41. The normalized spacial score (nSPS) is 13.9. The number of carbonyl (C=O) groups is 2. The Labute approximate surface area is 207 Å². The van der Waals surface area contributed by atoms with Gasteiger partial charge in [0.25, 0.3) is 5.91 Å². The van der Waals surface area contributed by atoms with Crippen molar-refractivity contribution in [1.29, 1.82) is 0 Å². The summed E-state index contributed by atoms with van der Waals surface area (Å²) in [5, 5.41) is 14.4. The van der Waals surface area contributed by atoms with E-state index in [1.165, 1.54) is 11.8 Å². The van der Waals surface area contributed by atoms with Crippen LogP contribution in [0.2, 0.25) is 0 Å². The minimum Gasteiger partial charge on any atom is -0.482 e. The summed E-state index contributed by atoms with van der Waals surface area (Å²) in [6.07, 6.45) is 0.